The second-order valence-electron chi connectivity index (χ2n) is 4.67. The van der Waals surface area contributed by atoms with E-state index < -0.39 is 12.1 Å². The number of carbonyl (C=O) groups excluding carboxylic acids is 3. The van der Waals surface area contributed by atoms with Crippen LogP contribution in [-0.4, -0.2) is 48.6 Å². The highest BCUT2D eigenvalue weighted by atomic mass is 16.3. The lowest BCUT2D eigenvalue weighted by Crippen LogP contribution is -2.45. The monoisotopic (exact) mass is 299 g/mol. The third kappa shape index (κ3) is 9.61. The van der Waals surface area contributed by atoms with Crippen molar-refractivity contribution in [1.82, 2.24) is 16.0 Å². The standard InChI is InChI=1S/C14H25N3O4/c1-4-5-6-11(19)9-16-13(20)8-7-12(14(21)15-3)17-10(2)18/h4-5,11-12,19H,6-9H2,1-3H3,(H,15,21)(H,16,20)(H,17,18)/b5-4+/t11?,12-/m0/s1. The van der Waals surface area contributed by atoms with Gasteiger partial charge in [0, 0.05) is 26.9 Å². The fourth-order valence-corrected chi connectivity index (χ4v) is 1.66. The molecule has 120 valence electrons. The molecule has 1 unspecified atom stereocenters. The summed E-state index contributed by atoms with van der Waals surface area (Å²) in [5, 5.41) is 17.1. The number of hydrogen-bond donors (Lipinski definition) is 4. The maximum absolute atomic E-state index is 11.6. The average molecular weight is 299 g/mol. The first-order valence-electron chi connectivity index (χ1n) is 6.95. The van der Waals surface area contributed by atoms with Gasteiger partial charge in [-0.2, -0.15) is 0 Å². The molecule has 2 atom stereocenters. The molecule has 4 N–H and O–H groups in total. The van der Waals surface area contributed by atoms with Gasteiger partial charge in [0.15, 0.2) is 0 Å². The lowest BCUT2D eigenvalue weighted by Gasteiger charge is -2.16. The van der Waals surface area contributed by atoms with Crippen LogP contribution in [0.25, 0.3) is 0 Å². The lowest BCUT2D eigenvalue weighted by atomic mass is 10.1. The molecule has 0 aliphatic heterocycles. The lowest BCUT2D eigenvalue weighted by molar-refractivity contribution is -0.128. The largest absolute Gasteiger partial charge is 0.391 e. The Morgan fingerprint density at radius 3 is 2.48 bits per heavy atom. The molecule has 0 bridgehead atoms. The number of nitrogens with one attached hydrogen (secondary N) is 3. The zero-order chi connectivity index (χ0) is 16.3. The molecule has 21 heavy (non-hydrogen) atoms. The van der Waals surface area contributed by atoms with E-state index in [1.165, 1.54) is 14.0 Å². The topological polar surface area (TPSA) is 108 Å². The number of likely N-dealkylation sites (N-methyl/N-ethyl adjacent to an activating group) is 1. The Morgan fingerprint density at radius 2 is 1.95 bits per heavy atom. The van der Waals surface area contributed by atoms with E-state index in [1.54, 1.807) is 0 Å². The third-order valence-corrected chi connectivity index (χ3v) is 2.78. The van der Waals surface area contributed by atoms with Crippen molar-refractivity contribution in [2.75, 3.05) is 13.6 Å². The summed E-state index contributed by atoms with van der Waals surface area (Å²) in [6.45, 7) is 3.33. The maximum atomic E-state index is 11.6. The zero-order valence-electron chi connectivity index (χ0n) is 12.8. The summed E-state index contributed by atoms with van der Waals surface area (Å²) >= 11 is 0. The Kier molecular flexibility index (Phi) is 9.87. The maximum Gasteiger partial charge on any atom is 0.242 e. The first kappa shape index (κ1) is 19.1. The van der Waals surface area contributed by atoms with Crippen LogP contribution in [0.3, 0.4) is 0 Å². The molecule has 0 fully saturated rings. The molecule has 0 saturated carbocycles. The van der Waals surface area contributed by atoms with Crippen LogP contribution < -0.4 is 16.0 Å². The van der Waals surface area contributed by atoms with Crippen LogP contribution in [0.1, 0.15) is 33.1 Å². The Bertz CT molecular complexity index is 382. The van der Waals surface area contributed by atoms with Gasteiger partial charge in [-0.05, 0) is 19.8 Å². The van der Waals surface area contributed by atoms with Gasteiger partial charge in [-0.3, -0.25) is 14.4 Å². The molecule has 0 aliphatic rings. The molecule has 3 amide bonds. The highest BCUT2D eigenvalue weighted by Crippen LogP contribution is 1.99. The van der Waals surface area contributed by atoms with Gasteiger partial charge in [-0.1, -0.05) is 12.2 Å². The molecule has 0 aromatic carbocycles. The minimum atomic E-state index is -0.730. The Labute approximate surface area is 125 Å². The fourth-order valence-electron chi connectivity index (χ4n) is 1.66. The number of rotatable bonds is 9. The fraction of sp³-hybridized carbons (Fsp3) is 0.643. The number of hydrogen-bond acceptors (Lipinski definition) is 4. The van der Waals surface area contributed by atoms with Gasteiger partial charge < -0.3 is 21.1 Å². The summed E-state index contributed by atoms with van der Waals surface area (Å²) in [6, 6.07) is -0.730. The summed E-state index contributed by atoms with van der Waals surface area (Å²) in [5.41, 5.74) is 0. The summed E-state index contributed by atoms with van der Waals surface area (Å²) in [7, 11) is 1.47. The Hall–Kier alpha value is -1.89. The van der Waals surface area contributed by atoms with E-state index in [2.05, 4.69) is 16.0 Å². The second kappa shape index (κ2) is 10.8. The van der Waals surface area contributed by atoms with Crippen LogP contribution >= 0.6 is 0 Å². The number of carbonyl (C=O) groups is 3. The SMILES string of the molecule is C/C=C/CC(O)CNC(=O)CC[C@H](NC(C)=O)C(=O)NC. The van der Waals surface area contributed by atoms with E-state index in [4.69, 9.17) is 0 Å². The van der Waals surface area contributed by atoms with Gasteiger partial charge in [0.25, 0.3) is 0 Å². The molecule has 7 heteroatoms. The molecule has 0 saturated heterocycles. The highest BCUT2D eigenvalue weighted by molar-refractivity contribution is 5.87. The summed E-state index contributed by atoms with van der Waals surface area (Å²) in [6.07, 6.45) is 3.78. The second-order valence-corrected chi connectivity index (χ2v) is 4.67. The van der Waals surface area contributed by atoms with Gasteiger partial charge in [0.2, 0.25) is 17.7 Å². The summed E-state index contributed by atoms with van der Waals surface area (Å²) < 4.78 is 0. The zero-order valence-corrected chi connectivity index (χ0v) is 12.8. The van der Waals surface area contributed by atoms with E-state index in [0.29, 0.717) is 6.42 Å². The minimum absolute atomic E-state index is 0.0920. The number of aliphatic hydroxyl groups is 1. The quantitative estimate of drug-likeness (QED) is 0.429. The van der Waals surface area contributed by atoms with E-state index in [9.17, 15) is 19.5 Å². The molecule has 0 spiro atoms. The molecule has 0 rings (SSSR count). The number of allylic oxidation sites excluding steroid dienone is 1. The Morgan fingerprint density at radius 1 is 1.29 bits per heavy atom. The molecule has 0 aliphatic carbocycles. The van der Waals surface area contributed by atoms with Gasteiger partial charge in [-0.15, -0.1) is 0 Å². The summed E-state index contributed by atoms with van der Waals surface area (Å²) in [5.74, 6) is -0.939. The van der Waals surface area contributed by atoms with Gasteiger partial charge in [-0.25, -0.2) is 0 Å². The molecule has 0 aromatic heterocycles. The smallest absolute Gasteiger partial charge is 0.242 e. The molecule has 7 nitrogen and oxygen atoms in total. The average Bonchev–Trinajstić information content (AvgIpc) is 2.45. The van der Waals surface area contributed by atoms with Crippen molar-refractivity contribution < 1.29 is 19.5 Å². The van der Waals surface area contributed by atoms with Crippen molar-refractivity contribution in [1.29, 1.82) is 0 Å². The predicted molar refractivity (Wildman–Crippen MR) is 79.4 cm³/mol. The van der Waals surface area contributed by atoms with Gasteiger partial charge in [0.05, 0.1) is 6.10 Å². The molecular weight excluding hydrogens is 274 g/mol. The van der Waals surface area contributed by atoms with Crippen molar-refractivity contribution in [2.45, 2.75) is 45.3 Å². The van der Waals surface area contributed by atoms with Crippen molar-refractivity contribution >= 4 is 17.7 Å². The van der Waals surface area contributed by atoms with Crippen molar-refractivity contribution in [3.05, 3.63) is 12.2 Å². The highest BCUT2D eigenvalue weighted by Gasteiger charge is 2.19. The first-order chi connectivity index (χ1) is 9.90. The van der Waals surface area contributed by atoms with E-state index in [-0.39, 0.29) is 37.1 Å². The third-order valence-electron chi connectivity index (χ3n) is 2.78. The number of aliphatic hydroxyl groups excluding tert-OH is 1. The predicted octanol–water partition coefficient (Wildman–Crippen LogP) is -0.539. The molecule has 0 aromatic rings. The minimum Gasteiger partial charge on any atom is -0.391 e. The van der Waals surface area contributed by atoms with Crippen molar-refractivity contribution in [3.8, 4) is 0 Å². The normalized spacial score (nSPS) is 13.5. The van der Waals surface area contributed by atoms with Crippen LogP contribution in [0.4, 0.5) is 0 Å². The van der Waals surface area contributed by atoms with Crippen LogP contribution in [-0.2, 0) is 14.4 Å². The molecule has 0 radical (unpaired) electrons. The van der Waals surface area contributed by atoms with E-state index >= 15 is 0 Å². The Balaban J connectivity index is 4.12. The van der Waals surface area contributed by atoms with E-state index in [0.717, 1.165) is 0 Å². The van der Waals surface area contributed by atoms with Crippen LogP contribution in [0.15, 0.2) is 12.2 Å². The van der Waals surface area contributed by atoms with Gasteiger partial charge >= 0.3 is 0 Å². The van der Waals surface area contributed by atoms with Crippen molar-refractivity contribution in [3.63, 3.8) is 0 Å². The van der Waals surface area contributed by atoms with Crippen LogP contribution in [0.5, 0.6) is 0 Å². The van der Waals surface area contributed by atoms with Crippen molar-refractivity contribution in [2.24, 2.45) is 0 Å². The van der Waals surface area contributed by atoms with Crippen LogP contribution in [0.2, 0.25) is 0 Å². The first-order valence-corrected chi connectivity index (χ1v) is 6.95. The van der Waals surface area contributed by atoms with Crippen LogP contribution in [0, 0.1) is 0 Å². The molecule has 0 heterocycles. The number of amides is 3. The van der Waals surface area contributed by atoms with E-state index in [1.807, 2.05) is 19.1 Å². The summed E-state index contributed by atoms with van der Waals surface area (Å²) in [4.78, 5) is 34.2. The van der Waals surface area contributed by atoms with Gasteiger partial charge in [0.1, 0.15) is 6.04 Å². The molecular formula is C14H25N3O4.